The number of carboxylic acid groups (broad SMARTS) is 1. The van der Waals surface area contributed by atoms with Crippen LogP contribution in [0.4, 0.5) is 0 Å². The zero-order valence-corrected chi connectivity index (χ0v) is 27.2. The molecule has 0 spiro atoms. The van der Waals surface area contributed by atoms with Gasteiger partial charge in [0.15, 0.2) is 0 Å². The Morgan fingerprint density at radius 1 is 0.538 bits per heavy atom. The van der Waals surface area contributed by atoms with Crippen molar-refractivity contribution in [3.63, 3.8) is 0 Å². The quantitative estimate of drug-likeness (QED) is 0.0771. The van der Waals surface area contributed by atoms with Gasteiger partial charge in [-0.15, -0.1) is 0 Å². The van der Waals surface area contributed by atoms with Crippen molar-refractivity contribution >= 4 is 11.9 Å². The lowest BCUT2D eigenvalue weighted by Gasteiger charge is -2.15. The third-order valence-corrected chi connectivity index (χ3v) is 7.78. The fourth-order valence-corrected chi connectivity index (χ4v) is 5.11. The third kappa shape index (κ3) is 33.0. The van der Waals surface area contributed by atoms with Crippen LogP contribution < -0.4 is 0 Å². The minimum Gasteiger partial charge on any atom is -0.481 e. The number of ether oxygens (including phenoxy) is 1. The molecule has 39 heavy (non-hydrogen) atoms. The normalized spacial score (nSPS) is 11.7. The van der Waals surface area contributed by atoms with E-state index in [-0.39, 0.29) is 17.8 Å². The van der Waals surface area contributed by atoms with Gasteiger partial charge in [0.05, 0.1) is 12.5 Å². The van der Waals surface area contributed by atoms with E-state index in [0.717, 1.165) is 19.3 Å². The molecule has 0 radical (unpaired) electrons. The van der Waals surface area contributed by atoms with Crippen molar-refractivity contribution < 1.29 is 19.4 Å². The molecule has 0 aromatic rings. The molecule has 1 N–H and O–H groups in total. The highest BCUT2D eigenvalue weighted by Crippen LogP contribution is 2.20. The maximum absolute atomic E-state index is 11.1. The van der Waals surface area contributed by atoms with E-state index in [9.17, 15) is 9.59 Å². The predicted octanol–water partition coefficient (Wildman–Crippen LogP) is 11.7. The SMILES string of the molecule is CCCCCCCCCCCCCC(=O)OCC.CCCCCCCCCCCCCCC(C(=O)O)C(C)C. The molecule has 1 unspecified atom stereocenters. The molecule has 0 bridgehead atoms. The van der Waals surface area contributed by atoms with Crippen molar-refractivity contribution in [3.8, 4) is 0 Å². The van der Waals surface area contributed by atoms with Gasteiger partial charge in [-0.1, -0.05) is 169 Å². The lowest BCUT2D eigenvalue weighted by molar-refractivity contribution is -0.144. The molecular formula is C35H70O4. The van der Waals surface area contributed by atoms with E-state index in [1.54, 1.807) is 0 Å². The molecule has 0 aliphatic rings. The molecule has 0 aliphatic heterocycles. The summed E-state index contributed by atoms with van der Waals surface area (Å²) in [5.41, 5.74) is 0. The summed E-state index contributed by atoms with van der Waals surface area (Å²) in [4.78, 5) is 22.2. The second-order valence-corrected chi connectivity index (χ2v) is 12.0. The van der Waals surface area contributed by atoms with Crippen LogP contribution >= 0.6 is 0 Å². The summed E-state index contributed by atoms with van der Waals surface area (Å²) in [6.45, 7) is 10.9. The standard InChI is InChI=1S/C19H38O2.C16H32O2/c1-4-5-6-7-8-9-10-11-12-13-14-15-16-18(17(2)3)19(20)21;1-3-5-6-7-8-9-10-11-12-13-14-15-16(17)18-4-2/h17-18H,4-16H2,1-3H3,(H,20,21);3-15H2,1-2H3. The average Bonchev–Trinajstić information content (AvgIpc) is 2.90. The summed E-state index contributed by atoms with van der Waals surface area (Å²) >= 11 is 0. The van der Waals surface area contributed by atoms with Crippen LogP contribution in [0.3, 0.4) is 0 Å². The van der Waals surface area contributed by atoms with Crippen LogP contribution in [-0.4, -0.2) is 23.7 Å². The van der Waals surface area contributed by atoms with Gasteiger partial charge in [0.1, 0.15) is 0 Å². The number of hydrogen-bond acceptors (Lipinski definition) is 3. The van der Waals surface area contributed by atoms with Gasteiger partial charge in [0.25, 0.3) is 0 Å². The minimum absolute atomic E-state index is 0.0339. The molecule has 4 nitrogen and oxygen atoms in total. The third-order valence-electron chi connectivity index (χ3n) is 7.78. The number of aliphatic carboxylic acids is 1. The Balaban J connectivity index is 0. The van der Waals surface area contributed by atoms with E-state index < -0.39 is 5.97 Å². The number of unbranched alkanes of at least 4 members (excludes halogenated alkanes) is 21. The van der Waals surface area contributed by atoms with Gasteiger partial charge >= 0.3 is 11.9 Å². The fraction of sp³-hybridized carbons (Fsp3) is 0.943. The van der Waals surface area contributed by atoms with E-state index in [1.807, 2.05) is 20.8 Å². The highest BCUT2D eigenvalue weighted by atomic mass is 16.5. The van der Waals surface area contributed by atoms with Gasteiger partial charge in [0.2, 0.25) is 0 Å². The molecule has 0 saturated carbocycles. The molecule has 0 fully saturated rings. The first-order valence-electron chi connectivity index (χ1n) is 17.3. The first kappa shape index (κ1) is 40.1. The minimum atomic E-state index is -0.618. The Bertz CT molecular complexity index is 503. The topological polar surface area (TPSA) is 63.6 Å². The van der Waals surface area contributed by atoms with E-state index in [0.29, 0.717) is 13.0 Å². The average molecular weight is 555 g/mol. The Labute approximate surface area is 244 Å². The van der Waals surface area contributed by atoms with Crippen molar-refractivity contribution in [1.29, 1.82) is 0 Å². The Morgan fingerprint density at radius 2 is 0.872 bits per heavy atom. The molecule has 0 aromatic heterocycles. The molecule has 0 rings (SSSR count). The van der Waals surface area contributed by atoms with Crippen LogP contribution in [0, 0.1) is 11.8 Å². The van der Waals surface area contributed by atoms with Gasteiger partial charge in [-0.05, 0) is 25.7 Å². The second-order valence-electron chi connectivity index (χ2n) is 12.0. The van der Waals surface area contributed by atoms with Crippen molar-refractivity contribution in [2.45, 2.75) is 195 Å². The first-order chi connectivity index (χ1) is 18.9. The first-order valence-corrected chi connectivity index (χ1v) is 17.3. The molecule has 1 atom stereocenters. The number of carbonyl (C=O) groups excluding carboxylic acids is 1. The van der Waals surface area contributed by atoms with E-state index >= 15 is 0 Å². The summed E-state index contributed by atoms with van der Waals surface area (Å²) in [5, 5.41) is 9.12. The number of carbonyl (C=O) groups is 2. The van der Waals surface area contributed by atoms with Gasteiger partial charge < -0.3 is 9.84 Å². The van der Waals surface area contributed by atoms with Gasteiger partial charge in [-0.2, -0.15) is 0 Å². The number of hydrogen-bond donors (Lipinski definition) is 1. The smallest absolute Gasteiger partial charge is 0.306 e. The highest BCUT2D eigenvalue weighted by Gasteiger charge is 2.20. The van der Waals surface area contributed by atoms with Crippen LogP contribution in [0.2, 0.25) is 0 Å². The molecule has 0 amide bonds. The maximum atomic E-state index is 11.1. The van der Waals surface area contributed by atoms with Gasteiger partial charge in [-0.25, -0.2) is 0 Å². The second kappa shape index (κ2) is 33.1. The lowest BCUT2D eigenvalue weighted by Crippen LogP contribution is -2.19. The summed E-state index contributed by atoms with van der Waals surface area (Å²) in [6, 6.07) is 0. The molecular weight excluding hydrogens is 484 g/mol. The molecule has 0 saturated heterocycles. The van der Waals surface area contributed by atoms with E-state index in [4.69, 9.17) is 9.84 Å². The van der Waals surface area contributed by atoms with Crippen molar-refractivity contribution in [2.75, 3.05) is 6.61 Å². The fourth-order valence-electron chi connectivity index (χ4n) is 5.11. The van der Waals surface area contributed by atoms with Crippen LogP contribution in [0.25, 0.3) is 0 Å². The van der Waals surface area contributed by atoms with Crippen molar-refractivity contribution in [1.82, 2.24) is 0 Å². The monoisotopic (exact) mass is 555 g/mol. The van der Waals surface area contributed by atoms with Crippen LogP contribution in [0.5, 0.6) is 0 Å². The molecule has 0 aliphatic carbocycles. The lowest BCUT2D eigenvalue weighted by atomic mass is 9.90. The zero-order chi connectivity index (χ0) is 29.4. The summed E-state index contributed by atoms with van der Waals surface area (Å²) in [6.07, 6.45) is 31.9. The highest BCUT2D eigenvalue weighted by molar-refractivity contribution is 5.70. The van der Waals surface area contributed by atoms with Crippen molar-refractivity contribution in [3.05, 3.63) is 0 Å². The van der Waals surface area contributed by atoms with Crippen LogP contribution in [-0.2, 0) is 14.3 Å². The zero-order valence-electron chi connectivity index (χ0n) is 27.2. The molecule has 234 valence electrons. The van der Waals surface area contributed by atoms with E-state index in [2.05, 4.69) is 13.8 Å². The summed E-state index contributed by atoms with van der Waals surface area (Å²) in [5.74, 6) is -0.537. The van der Waals surface area contributed by atoms with E-state index in [1.165, 1.54) is 135 Å². The molecule has 0 aromatic carbocycles. The molecule has 4 heteroatoms. The predicted molar refractivity (Wildman–Crippen MR) is 169 cm³/mol. The number of rotatable bonds is 28. The summed E-state index contributed by atoms with van der Waals surface area (Å²) < 4.78 is 4.89. The number of esters is 1. The summed E-state index contributed by atoms with van der Waals surface area (Å²) in [7, 11) is 0. The van der Waals surface area contributed by atoms with Gasteiger partial charge in [0, 0.05) is 6.42 Å². The Morgan fingerprint density at radius 3 is 1.18 bits per heavy atom. The Hall–Kier alpha value is -1.06. The number of carboxylic acids is 1. The van der Waals surface area contributed by atoms with Crippen LogP contribution in [0.1, 0.15) is 195 Å². The Kier molecular flexibility index (Phi) is 34.1. The van der Waals surface area contributed by atoms with Gasteiger partial charge in [-0.3, -0.25) is 9.59 Å². The van der Waals surface area contributed by atoms with Crippen molar-refractivity contribution in [2.24, 2.45) is 11.8 Å². The molecule has 0 heterocycles. The van der Waals surface area contributed by atoms with Crippen LogP contribution in [0.15, 0.2) is 0 Å². The largest absolute Gasteiger partial charge is 0.481 e. The maximum Gasteiger partial charge on any atom is 0.306 e.